The Kier molecular flexibility index (Phi) is 8.76. The molecule has 0 aromatic carbocycles. The van der Waals surface area contributed by atoms with Crippen molar-refractivity contribution in [1.29, 1.82) is 0 Å². The van der Waals surface area contributed by atoms with Crippen LogP contribution < -0.4 is 22.1 Å². The van der Waals surface area contributed by atoms with Crippen molar-refractivity contribution in [2.24, 2.45) is 17.4 Å². The molecular weight excluding hydrogens is 292 g/mol. The van der Waals surface area contributed by atoms with Crippen molar-refractivity contribution < 1.29 is 24.3 Å². The molecule has 0 bridgehead atoms. The minimum absolute atomic E-state index is 0.114. The molecule has 2 atom stereocenters. The fraction of sp³-hybridized carbons (Fsp3) is 0.692. The highest BCUT2D eigenvalue weighted by atomic mass is 16.4. The smallest absolute Gasteiger partial charge is 0.326 e. The number of carboxylic acids is 1. The van der Waals surface area contributed by atoms with Gasteiger partial charge in [-0.05, 0) is 18.8 Å². The molecule has 0 saturated heterocycles. The van der Waals surface area contributed by atoms with Crippen LogP contribution in [0.4, 0.5) is 0 Å². The van der Waals surface area contributed by atoms with Gasteiger partial charge in [0.25, 0.3) is 0 Å². The van der Waals surface area contributed by atoms with Crippen LogP contribution in [-0.2, 0) is 19.2 Å². The monoisotopic (exact) mass is 316 g/mol. The van der Waals surface area contributed by atoms with Crippen LogP contribution in [0.25, 0.3) is 0 Å². The van der Waals surface area contributed by atoms with Gasteiger partial charge in [-0.25, -0.2) is 4.79 Å². The molecule has 9 heteroatoms. The summed E-state index contributed by atoms with van der Waals surface area (Å²) in [4.78, 5) is 44.8. The summed E-state index contributed by atoms with van der Waals surface area (Å²) in [6.45, 7) is 3.44. The van der Waals surface area contributed by atoms with Gasteiger partial charge in [-0.2, -0.15) is 0 Å². The number of amides is 3. The summed E-state index contributed by atoms with van der Waals surface area (Å²) >= 11 is 0. The van der Waals surface area contributed by atoms with Gasteiger partial charge in [0.15, 0.2) is 0 Å². The third-order valence-electron chi connectivity index (χ3n) is 2.80. The number of hydrogen-bond donors (Lipinski definition) is 5. The molecule has 126 valence electrons. The number of nitrogens with two attached hydrogens (primary N) is 2. The Morgan fingerprint density at radius 3 is 2.23 bits per heavy atom. The van der Waals surface area contributed by atoms with Crippen LogP contribution in [0.2, 0.25) is 0 Å². The van der Waals surface area contributed by atoms with Crippen LogP contribution in [-0.4, -0.2) is 47.4 Å². The number of rotatable bonds is 10. The standard InChI is InChI=1S/C13H24N4O5/c1-7(2)5-8(14)12(20)16-6-11(19)17-9(13(21)22)3-4-10(15)18/h7-9H,3-6,14H2,1-2H3,(H2,15,18)(H,16,20)(H,17,19)(H,21,22)/t8-,9-/m0/s1. The van der Waals surface area contributed by atoms with Gasteiger partial charge in [0.1, 0.15) is 6.04 Å². The average Bonchev–Trinajstić information content (AvgIpc) is 2.39. The first-order valence-corrected chi connectivity index (χ1v) is 6.97. The van der Waals surface area contributed by atoms with Gasteiger partial charge in [0.05, 0.1) is 12.6 Å². The van der Waals surface area contributed by atoms with Gasteiger partial charge in [0, 0.05) is 6.42 Å². The van der Waals surface area contributed by atoms with E-state index in [2.05, 4.69) is 10.6 Å². The minimum Gasteiger partial charge on any atom is -0.480 e. The molecule has 0 unspecified atom stereocenters. The number of carboxylic acid groups (broad SMARTS) is 1. The molecule has 7 N–H and O–H groups in total. The van der Waals surface area contributed by atoms with Crippen molar-refractivity contribution >= 4 is 23.7 Å². The molecule has 0 aromatic heterocycles. The summed E-state index contributed by atoms with van der Waals surface area (Å²) in [6.07, 6.45) is 0.198. The first-order valence-electron chi connectivity index (χ1n) is 6.97. The maximum Gasteiger partial charge on any atom is 0.326 e. The van der Waals surface area contributed by atoms with Crippen molar-refractivity contribution in [3.05, 3.63) is 0 Å². The molecule has 0 fully saturated rings. The quantitative estimate of drug-likeness (QED) is 0.322. The first kappa shape index (κ1) is 19.8. The lowest BCUT2D eigenvalue weighted by atomic mass is 10.0. The number of nitrogens with one attached hydrogen (secondary N) is 2. The van der Waals surface area contributed by atoms with Crippen LogP contribution >= 0.6 is 0 Å². The van der Waals surface area contributed by atoms with E-state index < -0.39 is 35.8 Å². The molecule has 0 aliphatic rings. The highest BCUT2D eigenvalue weighted by Crippen LogP contribution is 2.02. The molecule has 0 aliphatic carbocycles. The zero-order valence-electron chi connectivity index (χ0n) is 12.8. The van der Waals surface area contributed by atoms with Crippen LogP contribution in [0.1, 0.15) is 33.1 Å². The molecule has 0 aromatic rings. The fourth-order valence-corrected chi connectivity index (χ4v) is 1.70. The van der Waals surface area contributed by atoms with E-state index in [1.807, 2.05) is 13.8 Å². The molecule has 22 heavy (non-hydrogen) atoms. The predicted octanol–water partition coefficient (Wildman–Crippen LogP) is -1.69. The van der Waals surface area contributed by atoms with E-state index in [-0.39, 0.29) is 25.3 Å². The summed E-state index contributed by atoms with van der Waals surface area (Å²) in [5.74, 6) is -2.86. The van der Waals surface area contributed by atoms with Gasteiger partial charge in [-0.15, -0.1) is 0 Å². The Bertz CT molecular complexity index is 425. The van der Waals surface area contributed by atoms with Gasteiger partial charge in [-0.1, -0.05) is 13.8 Å². The minimum atomic E-state index is -1.28. The summed E-state index contributed by atoms with van der Waals surface area (Å²) in [7, 11) is 0. The first-order chi connectivity index (χ1) is 10.1. The third kappa shape index (κ3) is 8.90. The lowest BCUT2D eigenvalue weighted by molar-refractivity contribution is -0.142. The highest BCUT2D eigenvalue weighted by molar-refractivity contribution is 5.89. The molecular formula is C13H24N4O5. The maximum atomic E-state index is 11.6. The topological polar surface area (TPSA) is 165 Å². The maximum absolute atomic E-state index is 11.6. The van der Waals surface area contributed by atoms with Gasteiger partial charge in [-0.3, -0.25) is 14.4 Å². The number of aliphatic carboxylic acids is 1. The van der Waals surface area contributed by atoms with E-state index in [0.29, 0.717) is 6.42 Å². The van der Waals surface area contributed by atoms with Crippen molar-refractivity contribution in [3.63, 3.8) is 0 Å². The zero-order chi connectivity index (χ0) is 17.3. The predicted molar refractivity (Wildman–Crippen MR) is 78.4 cm³/mol. The normalized spacial score (nSPS) is 13.3. The zero-order valence-corrected chi connectivity index (χ0v) is 12.8. The molecule has 9 nitrogen and oxygen atoms in total. The SMILES string of the molecule is CC(C)C[C@H](N)C(=O)NCC(=O)N[C@@H](CCC(N)=O)C(=O)O. The number of carbonyl (C=O) groups excluding carboxylic acids is 3. The van der Waals surface area contributed by atoms with E-state index in [1.54, 1.807) is 0 Å². The molecule has 3 amide bonds. The number of carbonyl (C=O) groups is 4. The van der Waals surface area contributed by atoms with E-state index in [4.69, 9.17) is 16.6 Å². The number of hydrogen-bond acceptors (Lipinski definition) is 5. The van der Waals surface area contributed by atoms with Crippen molar-refractivity contribution in [2.75, 3.05) is 6.54 Å². The molecule has 0 heterocycles. The molecule has 0 rings (SSSR count). The Labute approximate surface area is 128 Å². The Balaban J connectivity index is 4.26. The van der Waals surface area contributed by atoms with Crippen LogP contribution in [0.3, 0.4) is 0 Å². The second-order valence-corrected chi connectivity index (χ2v) is 5.42. The van der Waals surface area contributed by atoms with E-state index in [0.717, 1.165) is 0 Å². The van der Waals surface area contributed by atoms with Gasteiger partial charge < -0.3 is 27.2 Å². The van der Waals surface area contributed by atoms with Crippen LogP contribution in [0.5, 0.6) is 0 Å². The lowest BCUT2D eigenvalue weighted by Crippen LogP contribution is -2.48. The molecule has 0 spiro atoms. The molecule has 0 saturated carbocycles. The van der Waals surface area contributed by atoms with Crippen molar-refractivity contribution in [2.45, 2.75) is 45.2 Å². The Hall–Kier alpha value is -2.16. The van der Waals surface area contributed by atoms with Crippen LogP contribution in [0, 0.1) is 5.92 Å². The van der Waals surface area contributed by atoms with E-state index in [1.165, 1.54) is 0 Å². The second kappa shape index (κ2) is 9.72. The summed E-state index contributed by atoms with van der Waals surface area (Å²) < 4.78 is 0. The second-order valence-electron chi connectivity index (χ2n) is 5.42. The van der Waals surface area contributed by atoms with Crippen molar-refractivity contribution in [1.82, 2.24) is 10.6 Å². The Morgan fingerprint density at radius 1 is 1.18 bits per heavy atom. The van der Waals surface area contributed by atoms with Gasteiger partial charge in [0.2, 0.25) is 17.7 Å². The lowest BCUT2D eigenvalue weighted by Gasteiger charge is -2.16. The molecule has 0 radical (unpaired) electrons. The highest BCUT2D eigenvalue weighted by Gasteiger charge is 2.21. The number of primary amides is 1. The van der Waals surface area contributed by atoms with Crippen molar-refractivity contribution in [3.8, 4) is 0 Å². The Morgan fingerprint density at radius 2 is 1.77 bits per heavy atom. The summed E-state index contributed by atoms with van der Waals surface area (Å²) in [5.41, 5.74) is 10.6. The van der Waals surface area contributed by atoms with E-state index in [9.17, 15) is 19.2 Å². The fourth-order valence-electron chi connectivity index (χ4n) is 1.70. The molecule has 0 aliphatic heterocycles. The summed E-state index contributed by atoms with van der Waals surface area (Å²) in [6, 6.07) is -1.96. The third-order valence-corrected chi connectivity index (χ3v) is 2.80. The summed E-state index contributed by atoms with van der Waals surface area (Å²) in [5, 5.41) is 13.5. The largest absolute Gasteiger partial charge is 0.480 e. The average molecular weight is 316 g/mol. The van der Waals surface area contributed by atoms with Gasteiger partial charge >= 0.3 is 5.97 Å². The van der Waals surface area contributed by atoms with E-state index >= 15 is 0 Å². The van der Waals surface area contributed by atoms with Crippen LogP contribution in [0.15, 0.2) is 0 Å².